The number of alkyl halides is 3. The summed E-state index contributed by atoms with van der Waals surface area (Å²) >= 11 is 0. The lowest BCUT2D eigenvalue weighted by Crippen LogP contribution is -2.48. The molecule has 0 saturated carbocycles. The number of fused-ring (bicyclic) bond motifs is 1. The van der Waals surface area contributed by atoms with E-state index in [4.69, 9.17) is 10.5 Å². The molecule has 0 saturated heterocycles. The second-order valence-corrected chi connectivity index (χ2v) is 13.3. The zero-order valence-electron chi connectivity index (χ0n) is 30.0. The van der Waals surface area contributed by atoms with E-state index in [0.717, 1.165) is 12.1 Å². The van der Waals surface area contributed by atoms with E-state index in [1.807, 2.05) is 6.92 Å². The highest BCUT2D eigenvalue weighted by Gasteiger charge is 2.33. The van der Waals surface area contributed by atoms with E-state index in [-0.39, 0.29) is 61.9 Å². The summed E-state index contributed by atoms with van der Waals surface area (Å²) in [6.07, 6.45) is -2.87. The van der Waals surface area contributed by atoms with Gasteiger partial charge in [-0.2, -0.15) is 13.2 Å². The minimum Gasteiger partial charge on any atom is -0.488 e. The van der Waals surface area contributed by atoms with Gasteiger partial charge in [-0.3, -0.25) is 14.4 Å². The molecule has 1 heterocycles. The Bertz CT molecular complexity index is 1740. The van der Waals surface area contributed by atoms with Crippen LogP contribution >= 0.6 is 0 Å². The number of nitrogen functional groups attached to an aromatic ring is 1. The van der Waals surface area contributed by atoms with E-state index in [1.54, 1.807) is 54.3 Å². The van der Waals surface area contributed by atoms with Crippen LogP contribution in [0.3, 0.4) is 0 Å². The predicted octanol–water partition coefficient (Wildman–Crippen LogP) is 6.13. The molecule has 3 aromatic rings. The topological polar surface area (TPSA) is 166 Å². The van der Waals surface area contributed by atoms with Gasteiger partial charge in [0, 0.05) is 49.3 Å². The van der Waals surface area contributed by atoms with Gasteiger partial charge in [0.25, 0.3) is 0 Å². The molecular weight excluding hydrogens is 693 g/mol. The van der Waals surface area contributed by atoms with E-state index in [1.165, 1.54) is 24.1 Å². The maximum atomic E-state index is 13.6. The number of rotatable bonds is 13. The molecule has 0 radical (unpaired) electrons. The maximum Gasteiger partial charge on any atom is 0.416 e. The Morgan fingerprint density at radius 2 is 1.60 bits per heavy atom. The molecule has 0 unspecified atom stereocenters. The molecule has 0 bridgehead atoms. The minimum atomic E-state index is -4.50. The van der Waals surface area contributed by atoms with Crippen LogP contribution in [0.4, 0.5) is 40.7 Å². The highest BCUT2D eigenvalue weighted by molar-refractivity contribution is 5.94. The number of unbranched alkanes of at least 4 members (excludes halogenated alkanes) is 2. The van der Waals surface area contributed by atoms with Crippen LogP contribution in [0.1, 0.15) is 57.1 Å². The summed E-state index contributed by atoms with van der Waals surface area (Å²) in [7, 11) is 1.52. The monoisotopic (exact) mass is 740 g/mol. The number of likely N-dealkylation sites (N-methyl/N-ethyl adjacent to an activating group) is 1. The van der Waals surface area contributed by atoms with Crippen LogP contribution in [0.5, 0.6) is 5.75 Å². The van der Waals surface area contributed by atoms with Crippen LogP contribution in [0, 0.1) is 5.92 Å². The van der Waals surface area contributed by atoms with Gasteiger partial charge in [0.1, 0.15) is 11.9 Å². The second-order valence-electron chi connectivity index (χ2n) is 13.3. The normalized spacial score (nSPS) is 16.6. The molecule has 6 N–H and O–H groups in total. The number of hydrogen-bond donors (Lipinski definition) is 5. The van der Waals surface area contributed by atoms with Crippen molar-refractivity contribution in [3.05, 3.63) is 77.9 Å². The molecule has 12 nitrogen and oxygen atoms in total. The number of carbonyl (C=O) groups is 4. The fourth-order valence-corrected chi connectivity index (χ4v) is 5.83. The third-order valence-corrected chi connectivity index (χ3v) is 9.01. The number of benzene rings is 3. The number of nitrogens with two attached hydrogens (primary N) is 1. The average molecular weight is 741 g/mol. The minimum absolute atomic E-state index is 0.0586. The van der Waals surface area contributed by atoms with Crippen molar-refractivity contribution < 1.29 is 42.2 Å². The van der Waals surface area contributed by atoms with Crippen molar-refractivity contribution in [3.8, 4) is 5.75 Å². The molecule has 3 aromatic carbocycles. The maximum absolute atomic E-state index is 13.6. The van der Waals surface area contributed by atoms with Gasteiger partial charge in [-0.15, -0.1) is 0 Å². The number of aliphatic hydroxyl groups excluding tert-OH is 1. The van der Waals surface area contributed by atoms with Gasteiger partial charge in [0.05, 0.1) is 42.6 Å². The average Bonchev–Trinajstić information content (AvgIpc) is 3.15. The number of carbonyl (C=O) groups excluding carboxylic acids is 4. The lowest BCUT2D eigenvalue weighted by molar-refractivity contribution is -0.137. The highest BCUT2D eigenvalue weighted by atomic mass is 19.4. The third-order valence-electron chi connectivity index (χ3n) is 9.01. The third kappa shape index (κ3) is 11.9. The van der Waals surface area contributed by atoms with Gasteiger partial charge < -0.3 is 41.3 Å². The lowest BCUT2D eigenvalue weighted by Gasteiger charge is -2.34. The summed E-state index contributed by atoms with van der Waals surface area (Å²) in [4.78, 5) is 54.6. The van der Waals surface area contributed by atoms with Crippen molar-refractivity contribution in [1.29, 1.82) is 0 Å². The number of para-hydroxylation sites is 2. The number of nitrogens with zero attached hydrogens (tertiary/aromatic N) is 2. The van der Waals surface area contributed by atoms with Gasteiger partial charge in [0.15, 0.2) is 0 Å². The Morgan fingerprint density at radius 3 is 2.25 bits per heavy atom. The van der Waals surface area contributed by atoms with Crippen LogP contribution < -0.4 is 26.4 Å². The number of nitrogens with one attached hydrogen (secondary N) is 3. The van der Waals surface area contributed by atoms with Crippen LogP contribution in [0.15, 0.2) is 66.7 Å². The van der Waals surface area contributed by atoms with E-state index in [9.17, 15) is 37.5 Å². The molecular formula is C38H47F3N6O6. The summed E-state index contributed by atoms with van der Waals surface area (Å²) in [6.45, 7) is 3.60. The van der Waals surface area contributed by atoms with Gasteiger partial charge in [-0.05, 0) is 74.4 Å². The lowest BCUT2D eigenvalue weighted by atomic mass is 10.0. The fourth-order valence-electron chi connectivity index (χ4n) is 5.83. The van der Waals surface area contributed by atoms with E-state index < -0.39 is 29.9 Å². The molecule has 0 fully saturated rings. The largest absolute Gasteiger partial charge is 0.488 e. The van der Waals surface area contributed by atoms with Crippen molar-refractivity contribution >= 4 is 46.5 Å². The molecule has 1 aliphatic rings. The quantitative estimate of drug-likeness (QED) is 0.104. The van der Waals surface area contributed by atoms with Gasteiger partial charge in [-0.1, -0.05) is 25.5 Å². The number of hydrogen-bond acceptors (Lipinski definition) is 7. The molecule has 15 heteroatoms. The number of halogens is 3. The summed E-state index contributed by atoms with van der Waals surface area (Å²) in [5.41, 5.74) is 7.23. The van der Waals surface area contributed by atoms with Gasteiger partial charge in [0.2, 0.25) is 17.7 Å². The molecule has 0 aliphatic carbocycles. The summed E-state index contributed by atoms with van der Waals surface area (Å²) in [5.74, 6) is -0.567. The number of anilines is 4. The summed E-state index contributed by atoms with van der Waals surface area (Å²) in [6, 6.07) is 15.0. The highest BCUT2D eigenvalue weighted by Crippen LogP contribution is 2.31. The zero-order valence-corrected chi connectivity index (χ0v) is 30.0. The fraction of sp³-hybridized carbons (Fsp3) is 0.421. The second kappa shape index (κ2) is 18.4. The van der Waals surface area contributed by atoms with Gasteiger partial charge in [-0.25, -0.2) is 4.79 Å². The number of urea groups is 1. The number of aliphatic hydroxyl groups is 1. The number of ether oxygens (including phenoxy) is 1. The Labute approximate surface area is 306 Å². The van der Waals surface area contributed by atoms with Crippen LogP contribution in [-0.4, -0.2) is 77.5 Å². The van der Waals surface area contributed by atoms with Crippen molar-refractivity contribution in [3.63, 3.8) is 0 Å². The Balaban J connectivity index is 1.38. The van der Waals surface area contributed by atoms with Crippen LogP contribution in [0.25, 0.3) is 0 Å². The molecule has 0 spiro atoms. The molecule has 4 rings (SSSR count). The first-order valence-electron chi connectivity index (χ1n) is 17.5. The Kier molecular flexibility index (Phi) is 14.1. The first kappa shape index (κ1) is 40.5. The van der Waals surface area contributed by atoms with Crippen molar-refractivity contribution in [2.75, 3.05) is 48.4 Å². The zero-order chi connectivity index (χ0) is 38.7. The smallest absolute Gasteiger partial charge is 0.416 e. The molecule has 0 aromatic heterocycles. The van der Waals surface area contributed by atoms with Crippen molar-refractivity contribution in [1.82, 2.24) is 9.80 Å². The first-order valence-corrected chi connectivity index (χ1v) is 17.5. The van der Waals surface area contributed by atoms with Crippen molar-refractivity contribution in [2.45, 2.75) is 70.7 Å². The first-order chi connectivity index (χ1) is 25.1. The molecule has 53 heavy (non-hydrogen) atoms. The van der Waals surface area contributed by atoms with Crippen LogP contribution in [-0.2, 0) is 27.0 Å². The summed E-state index contributed by atoms with van der Waals surface area (Å²) < 4.78 is 45.4. The van der Waals surface area contributed by atoms with Crippen LogP contribution in [0.2, 0.25) is 0 Å². The standard InChI is InChI=1S/C38H47F3N6O6/c1-24-21-47(25(2)23-48)36(51)20-26-19-29(43-34(49)11-5-4-6-12-35(50)45-31-10-8-7-9-30(31)42)17-18-32(26)53-33(24)22-46(3)37(52)44-28-15-13-27(14-16-28)38(39,40)41/h7-10,13-19,24-25,33,48H,4-6,11-12,20-23,42H2,1-3H3,(H,43,49)(H,44,52)(H,45,50)/t24-,25+,33+/m1/s1. The SMILES string of the molecule is C[C@@H]1CN([C@@H](C)CO)C(=O)Cc2cc(NC(=O)CCCCCC(=O)Nc3ccccc3N)ccc2O[C@H]1CN(C)C(=O)Nc1ccc(C(F)(F)F)cc1. The Morgan fingerprint density at radius 1 is 0.962 bits per heavy atom. The number of amides is 5. The molecule has 3 atom stereocenters. The van der Waals surface area contributed by atoms with Gasteiger partial charge >= 0.3 is 12.2 Å². The molecule has 286 valence electrons. The molecule has 1 aliphatic heterocycles. The van der Waals surface area contributed by atoms with E-state index in [0.29, 0.717) is 54.1 Å². The van der Waals surface area contributed by atoms with E-state index >= 15 is 0 Å². The molecule has 5 amide bonds. The Hall–Kier alpha value is -5.31. The summed E-state index contributed by atoms with van der Waals surface area (Å²) in [5, 5.41) is 18.2. The van der Waals surface area contributed by atoms with Crippen molar-refractivity contribution in [2.24, 2.45) is 5.92 Å². The van der Waals surface area contributed by atoms with E-state index in [2.05, 4.69) is 16.0 Å². The predicted molar refractivity (Wildman–Crippen MR) is 196 cm³/mol.